The minimum absolute atomic E-state index is 0.822. The summed E-state index contributed by atoms with van der Waals surface area (Å²) in [5.41, 5.74) is 2.73. The van der Waals surface area contributed by atoms with Crippen LogP contribution in [0.1, 0.15) is 36.8 Å². The molecule has 2 aromatic carbocycles. The van der Waals surface area contributed by atoms with Gasteiger partial charge in [0.05, 0.1) is 0 Å². The third-order valence-corrected chi connectivity index (χ3v) is 10.6. The van der Waals surface area contributed by atoms with Crippen molar-refractivity contribution in [1.29, 1.82) is 0 Å². The number of hydrogen-bond donors (Lipinski definition) is 0. The Bertz CT molecular complexity index is 840. The molecule has 38 heavy (non-hydrogen) atoms. The first-order valence-corrected chi connectivity index (χ1v) is 17.5. The molecule has 0 aromatic heterocycles. The first-order valence-electron chi connectivity index (χ1n) is 14.3. The first kappa shape index (κ1) is 30.5. The van der Waals surface area contributed by atoms with Crippen LogP contribution in [-0.4, -0.2) is 96.6 Å². The van der Waals surface area contributed by atoms with Crippen LogP contribution < -0.4 is 0 Å². The number of hydrogen-bond acceptors (Lipinski definition) is 6. The topological polar surface area (TPSA) is 13.0 Å². The number of rotatable bonds is 13. The van der Waals surface area contributed by atoms with E-state index in [-0.39, 0.29) is 0 Å². The summed E-state index contributed by atoms with van der Waals surface area (Å²) >= 11 is 12.1. The van der Waals surface area contributed by atoms with Gasteiger partial charge in [-0.15, -0.1) is 0 Å². The Morgan fingerprint density at radius 2 is 0.868 bits per heavy atom. The summed E-state index contributed by atoms with van der Waals surface area (Å²) in [5.74, 6) is 2.53. The van der Waals surface area contributed by atoms with Crippen LogP contribution in [0, 0.1) is 0 Å². The van der Waals surface area contributed by atoms with Gasteiger partial charge < -0.3 is 9.80 Å². The maximum atomic E-state index is 6.03. The van der Waals surface area contributed by atoms with E-state index in [1.807, 2.05) is 24.3 Å². The van der Waals surface area contributed by atoms with E-state index in [1.54, 1.807) is 0 Å². The third kappa shape index (κ3) is 11.6. The molecule has 0 spiro atoms. The Kier molecular flexibility index (Phi) is 14.0. The number of nitrogens with zero attached hydrogens (tertiary/aromatic N) is 4. The highest BCUT2D eigenvalue weighted by Gasteiger charge is 2.16. The van der Waals surface area contributed by atoms with Gasteiger partial charge in [-0.1, -0.05) is 69.1 Å². The van der Waals surface area contributed by atoms with Crippen LogP contribution in [0.15, 0.2) is 48.5 Å². The lowest BCUT2D eigenvalue weighted by Gasteiger charge is -2.22. The predicted octanol–water partition coefficient (Wildman–Crippen LogP) is 6.87. The normalized spacial score (nSPS) is 18.9. The Labute approximate surface area is 248 Å². The van der Waals surface area contributed by atoms with Crippen molar-refractivity contribution in [2.45, 2.75) is 38.8 Å². The minimum atomic E-state index is 0.822. The van der Waals surface area contributed by atoms with Gasteiger partial charge in [0.15, 0.2) is 0 Å². The Balaban J connectivity index is 0.992. The molecule has 2 aliphatic heterocycles. The second-order valence-electron chi connectivity index (χ2n) is 10.5. The highest BCUT2D eigenvalue weighted by atomic mass is 35.5. The fraction of sp³-hybridized carbons (Fsp3) is 0.600. The summed E-state index contributed by atoms with van der Waals surface area (Å²) in [5, 5.41) is 1.64. The highest BCUT2D eigenvalue weighted by Crippen LogP contribution is 2.23. The molecule has 2 fully saturated rings. The second-order valence-corrected chi connectivity index (χ2v) is 14.1. The van der Waals surface area contributed by atoms with Crippen molar-refractivity contribution in [2.24, 2.45) is 0 Å². The average molecular weight is 596 g/mol. The van der Waals surface area contributed by atoms with E-state index in [4.69, 9.17) is 23.2 Å². The molecule has 8 heteroatoms. The van der Waals surface area contributed by atoms with Crippen LogP contribution in [0.25, 0.3) is 0 Å². The van der Waals surface area contributed by atoms with E-state index in [0.29, 0.717) is 0 Å². The fourth-order valence-corrected chi connectivity index (χ4v) is 7.72. The summed E-state index contributed by atoms with van der Waals surface area (Å²) in [4.78, 5) is 10.5. The van der Waals surface area contributed by atoms with E-state index in [9.17, 15) is 0 Å². The second kappa shape index (κ2) is 17.4. The third-order valence-electron chi connectivity index (χ3n) is 7.49. The molecule has 0 unspecified atom stereocenters. The van der Waals surface area contributed by atoms with Crippen molar-refractivity contribution in [3.05, 3.63) is 69.7 Å². The van der Waals surface area contributed by atoms with Crippen LogP contribution >= 0.6 is 44.8 Å². The largest absolute Gasteiger partial charge is 0.302 e. The van der Waals surface area contributed by atoms with Gasteiger partial charge in [-0.25, -0.2) is 0 Å². The van der Waals surface area contributed by atoms with Crippen LogP contribution in [0.4, 0.5) is 0 Å². The number of halogens is 2. The Hall–Kier alpha value is -0.440. The quantitative estimate of drug-likeness (QED) is 0.184. The van der Waals surface area contributed by atoms with Gasteiger partial charge in [-0.3, -0.25) is 9.80 Å². The molecule has 0 aliphatic carbocycles. The van der Waals surface area contributed by atoms with Crippen molar-refractivity contribution in [3.63, 3.8) is 0 Å². The summed E-state index contributed by atoms with van der Waals surface area (Å²) in [6.45, 7) is 14.1. The zero-order valence-electron chi connectivity index (χ0n) is 22.7. The van der Waals surface area contributed by atoms with Gasteiger partial charge in [-0.05, 0) is 100 Å². The zero-order valence-corrected chi connectivity index (χ0v) is 25.9. The molecule has 2 aliphatic rings. The molecule has 0 atom stereocenters. The molecule has 2 aromatic rings. The average Bonchev–Trinajstić information content (AvgIpc) is 3.29. The van der Waals surface area contributed by atoms with E-state index >= 15 is 0 Å². The van der Waals surface area contributed by atoms with Crippen LogP contribution in [0.2, 0.25) is 10.0 Å². The predicted molar refractivity (Wildman–Crippen MR) is 170 cm³/mol. The molecule has 4 rings (SSSR count). The fourth-order valence-electron chi connectivity index (χ4n) is 5.32. The smallest absolute Gasteiger partial charge is 0.0406 e. The zero-order chi connectivity index (χ0) is 26.4. The van der Waals surface area contributed by atoms with Crippen molar-refractivity contribution in [1.82, 2.24) is 19.6 Å². The van der Waals surface area contributed by atoms with E-state index in [0.717, 1.165) is 23.1 Å². The molecule has 210 valence electrons. The van der Waals surface area contributed by atoms with Crippen molar-refractivity contribution in [3.8, 4) is 0 Å². The van der Waals surface area contributed by atoms with E-state index in [1.165, 1.54) is 114 Å². The maximum Gasteiger partial charge on any atom is 0.0406 e. The summed E-state index contributed by atoms with van der Waals surface area (Å²) in [7, 11) is 4.15. The first-order chi connectivity index (χ1) is 18.6. The van der Waals surface area contributed by atoms with Crippen molar-refractivity contribution < 1.29 is 0 Å². The molecule has 0 amide bonds. The molecule has 0 radical (unpaired) electrons. The van der Waals surface area contributed by atoms with E-state index < -0.39 is 0 Å². The van der Waals surface area contributed by atoms with Gasteiger partial charge >= 0.3 is 0 Å². The van der Waals surface area contributed by atoms with Crippen LogP contribution in [0.3, 0.4) is 0 Å². The molecule has 4 nitrogen and oxygen atoms in total. The van der Waals surface area contributed by atoms with Gasteiger partial charge in [0.2, 0.25) is 0 Å². The number of benzene rings is 2. The molecule has 2 saturated heterocycles. The van der Waals surface area contributed by atoms with Gasteiger partial charge in [0, 0.05) is 60.8 Å². The Morgan fingerprint density at radius 3 is 1.29 bits per heavy atom. The lowest BCUT2D eigenvalue weighted by Crippen LogP contribution is -2.31. The summed E-state index contributed by atoms with van der Waals surface area (Å²) in [6.07, 6.45) is 5.13. The Morgan fingerprint density at radius 1 is 0.500 bits per heavy atom. The maximum absolute atomic E-state index is 6.03. The summed E-state index contributed by atoms with van der Waals surface area (Å²) < 4.78 is 0. The standard InChI is InChI=1S/C30H44Cl2N4S2/c31-29-9-5-27(6-10-29)25-35-15-1-13-33(19-21-35)17-3-23-37-38-24-4-18-34-14-2-16-36(22-20-34)26-28-7-11-30(32)12-8-28/h5-12H,1-4,13-26H2. The summed E-state index contributed by atoms with van der Waals surface area (Å²) in [6, 6.07) is 16.6. The molecule has 0 bridgehead atoms. The molecule has 0 N–H and O–H groups in total. The van der Waals surface area contributed by atoms with Gasteiger partial charge in [0.25, 0.3) is 0 Å². The SMILES string of the molecule is Clc1ccc(CN2CCCN(CCCSSCCCN3CCCN(Cc4ccc(Cl)cc4)CC3)CC2)cc1. The molecular formula is C30H44Cl2N4S2. The highest BCUT2D eigenvalue weighted by molar-refractivity contribution is 8.76. The molecular weight excluding hydrogens is 551 g/mol. The van der Waals surface area contributed by atoms with Crippen molar-refractivity contribution in [2.75, 3.05) is 77.0 Å². The van der Waals surface area contributed by atoms with Crippen LogP contribution in [0.5, 0.6) is 0 Å². The van der Waals surface area contributed by atoms with Crippen molar-refractivity contribution >= 4 is 44.8 Å². The van der Waals surface area contributed by atoms with Crippen LogP contribution in [-0.2, 0) is 13.1 Å². The monoisotopic (exact) mass is 594 g/mol. The van der Waals surface area contributed by atoms with Gasteiger partial charge in [-0.2, -0.15) is 0 Å². The van der Waals surface area contributed by atoms with E-state index in [2.05, 4.69) is 65.5 Å². The van der Waals surface area contributed by atoms with Gasteiger partial charge in [0.1, 0.15) is 0 Å². The lowest BCUT2D eigenvalue weighted by molar-refractivity contribution is 0.252. The molecule has 2 heterocycles. The molecule has 0 saturated carbocycles. The lowest BCUT2D eigenvalue weighted by atomic mass is 10.2. The minimum Gasteiger partial charge on any atom is -0.302 e.